The summed E-state index contributed by atoms with van der Waals surface area (Å²) in [5.74, 6) is 1.92. The summed E-state index contributed by atoms with van der Waals surface area (Å²) in [6.07, 6.45) is 3.40. The molecule has 0 unspecified atom stereocenters. The van der Waals surface area contributed by atoms with E-state index in [2.05, 4.69) is 4.68 Å². The van der Waals surface area contributed by atoms with Crippen LogP contribution < -0.4 is 4.74 Å². The van der Waals surface area contributed by atoms with Crippen molar-refractivity contribution in [2.75, 3.05) is 19.7 Å². The van der Waals surface area contributed by atoms with Gasteiger partial charge in [0.25, 0.3) is 5.91 Å². The van der Waals surface area contributed by atoms with E-state index in [1.807, 2.05) is 48.2 Å². The SMILES string of the molecule is Cc1ccccc1OCC(=O)N1C[C@H]2Cc3nn(CC4CC4)c(-c4ccc(F)cc4)c3[C@H]2C1. The Morgan fingerprint density at radius 3 is 2.67 bits per heavy atom. The van der Waals surface area contributed by atoms with E-state index in [9.17, 15) is 9.18 Å². The van der Waals surface area contributed by atoms with E-state index in [1.165, 1.54) is 30.5 Å². The number of benzene rings is 2. The van der Waals surface area contributed by atoms with Gasteiger partial charge in [-0.2, -0.15) is 5.10 Å². The molecule has 0 radical (unpaired) electrons. The van der Waals surface area contributed by atoms with Gasteiger partial charge in [-0.05, 0) is 73.9 Å². The second-order valence-corrected chi connectivity index (χ2v) is 9.76. The average Bonchev–Trinajstić information content (AvgIpc) is 3.29. The van der Waals surface area contributed by atoms with Crippen LogP contribution in [0.4, 0.5) is 4.39 Å². The first kappa shape index (κ1) is 20.5. The predicted octanol–water partition coefficient (Wildman–Crippen LogP) is 4.58. The molecule has 2 atom stereocenters. The lowest BCUT2D eigenvalue weighted by molar-refractivity contribution is -0.132. The van der Waals surface area contributed by atoms with Gasteiger partial charge < -0.3 is 9.64 Å². The maximum absolute atomic E-state index is 13.6. The molecule has 1 aliphatic heterocycles. The lowest BCUT2D eigenvalue weighted by Crippen LogP contribution is -2.33. The Labute approximate surface area is 193 Å². The summed E-state index contributed by atoms with van der Waals surface area (Å²) in [6, 6.07) is 14.5. The fourth-order valence-electron chi connectivity index (χ4n) is 5.46. The van der Waals surface area contributed by atoms with E-state index in [0.29, 0.717) is 18.4 Å². The Kier molecular flexibility index (Phi) is 4.97. The van der Waals surface area contributed by atoms with Crippen molar-refractivity contribution in [3.8, 4) is 17.0 Å². The van der Waals surface area contributed by atoms with Crippen LogP contribution >= 0.6 is 0 Å². The molecule has 1 saturated carbocycles. The van der Waals surface area contributed by atoms with E-state index >= 15 is 0 Å². The predicted molar refractivity (Wildman–Crippen MR) is 124 cm³/mol. The monoisotopic (exact) mass is 445 g/mol. The van der Waals surface area contributed by atoms with Crippen molar-refractivity contribution in [2.45, 2.75) is 38.6 Å². The molecule has 2 aromatic carbocycles. The molecule has 0 N–H and O–H groups in total. The van der Waals surface area contributed by atoms with E-state index in [-0.39, 0.29) is 24.2 Å². The van der Waals surface area contributed by atoms with Gasteiger partial charge >= 0.3 is 0 Å². The smallest absolute Gasteiger partial charge is 0.260 e. The summed E-state index contributed by atoms with van der Waals surface area (Å²) < 4.78 is 21.6. The van der Waals surface area contributed by atoms with E-state index in [4.69, 9.17) is 9.84 Å². The van der Waals surface area contributed by atoms with Crippen LogP contribution in [0.1, 0.15) is 35.6 Å². The van der Waals surface area contributed by atoms with Crippen molar-refractivity contribution in [2.24, 2.45) is 11.8 Å². The number of carbonyl (C=O) groups excluding carboxylic acids is 1. The van der Waals surface area contributed by atoms with Gasteiger partial charge in [0.2, 0.25) is 0 Å². The van der Waals surface area contributed by atoms with E-state index in [0.717, 1.165) is 47.8 Å². The molecule has 33 heavy (non-hydrogen) atoms. The fourth-order valence-corrected chi connectivity index (χ4v) is 5.46. The number of para-hydroxylation sites is 1. The second-order valence-electron chi connectivity index (χ2n) is 9.76. The van der Waals surface area contributed by atoms with Crippen LogP contribution in [0.5, 0.6) is 5.75 Å². The highest BCUT2D eigenvalue weighted by atomic mass is 19.1. The summed E-state index contributed by atoms with van der Waals surface area (Å²) in [5, 5.41) is 5.00. The zero-order valence-corrected chi connectivity index (χ0v) is 18.8. The zero-order chi connectivity index (χ0) is 22.5. The number of nitrogens with zero attached hydrogens (tertiary/aromatic N) is 3. The Balaban J connectivity index is 1.23. The molecular formula is C27H28FN3O2. The summed E-state index contributed by atoms with van der Waals surface area (Å²) in [4.78, 5) is 14.9. The number of aromatic nitrogens is 2. The standard InChI is InChI=1S/C27H28FN3O2/c1-17-4-2-3-5-24(17)33-16-25(32)30-14-20-12-23-26(22(20)15-30)27(19-8-10-21(28)11-9-19)31(29-23)13-18-6-7-18/h2-5,8-11,18,20,22H,6-7,12-16H2,1H3/t20-,22+/m1/s1. The summed E-state index contributed by atoms with van der Waals surface area (Å²) in [7, 11) is 0. The molecule has 6 rings (SSSR count). The van der Waals surface area contributed by atoms with Crippen molar-refractivity contribution in [3.05, 3.63) is 71.2 Å². The van der Waals surface area contributed by atoms with Crippen LogP contribution in [0.3, 0.4) is 0 Å². The zero-order valence-electron chi connectivity index (χ0n) is 18.8. The van der Waals surface area contributed by atoms with Gasteiger partial charge in [-0.25, -0.2) is 4.39 Å². The molecular weight excluding hydrogens is 417 g/mol. The molecule has 2 fully saturated rings. The number of fused-ring (bicyclic) bond motifs is 3. The van der Waals surface area contributed by atoms with E-state index in [1.54, 1.807) is 0 Å². The number of hydrogen-bond acceptors (Lipinski definition) is 3. The molecule has 2 heterocycles. The Morgan fingerprint density at radius 2 is 1.91 bits per heavy atom. The molecule has 3 aliphatic rings. The van der Waals surface area contributed by atoms with Crippen LogP contribution in [-0.4, -0.2) is 40.3 Å². The Bertz CT molecular complexity index is 1200. The number of aryl methyl sites for hydroxylation is 1. The van der Waals surface area contributed by atoms with Gasteiger partial charge in [-0.3, -0.25) is 9.48 Å². The molecule has 5 nitrogen and oxygen atoms in total. The molecule has 170 valence electrons. The van der Waals surface area contributed by atoms with Crippen molar-refractivity contribution in [1.82, 2.24) is 14.7 Å². The van der Waals surface area contributed by atoms with Crippen LogP contribution in [0, 0.1) is 24.6 Å². The molecule has 3 aromatic rings. The Hall–Kier alpha value is -3.15. The minimum Gasteiger partial charge on any atom is -0.484 e. The topological polar surface area (TPSA) is 47.4 Å². The summed E-state index contributed by atoms with van der Waals surface area (Å²) in [6.45, 7) is 4.39. The highest BCUT2D eigenvalue weighted by molar-refractivity contribution is 5.79. The first-order valence-electron chi connectivity index (χ1n) is 11.9. The largest absolute Gasteiger partial charge is 0.484 e. The average molecular weight is 446 g/mol. The molecule has 1 amide bonds. The Morgan fingerprint density at radius 1 is 1.12 bits per heavy atom. The normalized spacial score (nSPS) is 21.2. The highest BCUT2D eigenvalue weighted by Crippen LogP contribution is 2.48. The van der Waals surface area contributed by atoms with Crippen molar-refractivity contribution in [3.63, 3.8) is 0 Å². The quantitative estimate of drug-likeness (QED) is 0.558. The van der Waals surface area contributed by atoms with Gasteiger partial charge in [-0.1, -0.05) is 18.2 Å². The van der Waals surface area contributed by atoms with Crippen LogP contribution in [-0.2, 0) is 17.8 Å². The molecule has 0 spiro atoms. The third-order valence-corrected chi connectivity index (χ3v) is 7.38. The number of rotatable bonds is 6. The number of amides is 1. The van der Waals surface area contributed by atoms with Gasteiger partial charge in [-0.15, -0.1) is 0 Å². The number of carbonyl (C=O) groups is 1. The third kappa shape index (κ3) is 3.81. The summed E-state index contributed by atoms with van der Waals surface area (Å²) >= 11 is 0. The van der Waals surface area contributed by atoms with Crippen LogP contribution in [0.25, 0.3) is 11.3 Å². The van der Waals surface area contributed by atoms with Gasteiger partial charge in [0, 0.05) is 36.7 Å². The highest BCUT2D eigenvalue weighted by Gasteiger charge is 2.45. The van der Waals surface area contributed by atoms with Crippen molar-refractivity contribution >= 4 is 5.91 Å². The number of ether oxygens (including phenoxy) is 1. The minimum atomic E-state index is -0.229. The number of hydrogen-bond donors (Lipinski definition) is 0. The first-order chi connectivity index (χ1) is 16.1. The molecule has 1 saturated heterocycles. The van der Waals surface area contributed by atoms with Crippen LogP contribution in [0.15, 0.2) is 48.5 Å². The van der Waals surface area contributed by atoms with Crippen LogP contribution in [0.2, 0.25) is 0 Å². The molecule has 0 bridgehead atoms. The maximum atomic E-state index is 13.6. The third-order valence-electron chi connectivity index (χ3n) is 7.38. The summed E-state index contributed by atoms with van der Waals surface area (Å²) in [5.41, 5.74) is 5.59. The number of likely N-dealkylation sites (tertiary alicyclic amines) is 1. The molecule has 1 aromatic heterocycles. The second kappa shape index (κ2) is 8.01. The van der Waals surface area contributed by atoms with Gasteiger partial charge in [0.1, 0.15) is 11.6 Å². The fraction of sp³-hybridized carbons (Fsp3) is 0.407. The number of halogens is 1. The maximum Gasteiger partial charge on any atom is 0.260 e. The minimum absolute atomic E-state index is 0.0305. The lowest BCUT2D eigenvalue weighted by Gasteiger charge is -2.18. The lowest BCUT2D eigenvalue weighted by atomic mass is 9.93. The van der Waals surface area contributed by atoms with Crippen molar-refractivity contribution < 1.29 is 13.9 Å². The van der Waals surface area contributed by atoms with Gasteiger partial charge in [0.05, 0.1) is 11.4 Å². The molecule has 6 heteroatoms. The van der Waals surface area contributed by atoms with Gasteiger partial charge in [0.15, 0.2) is 6.61 Å². The first-order valence-corrected chi connectivity index (χ1v) is 11.9. The molecule has 2 aliphatic carbocycles. The van der Waals surface area contributed by atoms with Crippen molar-refractivity contribution in [1.29, 1.82) is 0 Å². The van der Waals surface area contributed by atoms with E-state index < -0.39 is 0 Å².